The second-order valence-corrected chi connectivity index (χ2v) is 4.04. The molecule has 2 N–H and O–H groups in total. The number of amides is 1. The average molecular weight is 250 g/mol. The molecule has 1 saturated heterocycles. The molecule has 1 fully saturated rings. The maximum absolute atomic E-state index is 13.2. The maximum atomic E-state index is 13.2. The van der Waals surface area contributed by atoms with Crippen molar-refractivity contribution in [1.82, 2.24) is 0 Å². The van der Waals surface area contributed by atoms with Crippen LogP contribution in [0.15, 0.2) is 24.3 Å². The Labute approximate surface area is 105 Å². The molecule has 1 aromatic rings. The summed E-state index contributed by atoms with van der Waals surface area (Å²) in [5.41, 5.74) is 6.59. The van der Waals surface area contributed by atoms with E-state index in [-0.39, 0.29) is 5.82 Å². The van der Waals surface area contributed by atoms with Gasteiger partial charge in [0.25, 0.3) is 0 Å². The minimum absolute atomic E-state index is 0.337. The Morgan fingerprint density at radius 1 is 1.39 bits per heavy atom. The van der Waals surface area contributed by atoms with Gasteiger partial charge in [0, 0.05) is 30.4 Å². The highest BCUT2D eigenvalue weighted by molar-refractivity contribution is 5.91. The lowest BCUT2D eigenvalue weighted by Gasteiger charge is -2.30. The first-order valence-corrected chi connectivity index (χ1v) is 5.76. The molecule has 0 radical (unpaired) electrons. The summed E-state index contributed by atoms with van der Waals surface area (Å²) in [6.07, 6.45) is 2.77. The Morgan fingerprint density at radius 3 is 2.78 bits per heavy atom. The quantitative estimate of drug-likeness (QED) is 0.819. The van der Waals surface area contributed by atoms with E-state index in [0.29, 0.717) is 18.8 Å². The largest absolute Gasteiger partial charge is 0.378 e. The van der Waals surface area contributed by atoms with Crippen molar-refractivity contribution in [2.45, 2.75) is 0 Å². The number of morpholine rings is 1. The standard InChI is InChI=1S/C13H15FN2O2/c14-11-2-3-12(16-5-7-18-8-6-16)10(9-11)1-4-13(15)17/h1-4,9H,5-8H2,(H2,15,17)/b4-1+. The third-order valence-electron chi connectivity index (χ3n) is 2.77. The molecule has 1 aliphatic rings. The summed E-state index contributed by atoms with van der Waals surface area (Å²) in [5, 5.41) is 0. The van der Waals surface area contributed by atoms with Crippen LogP contribution in [0.1, 0.15) is 5.56 Å². The van der Waals surface area contributed by atoms with Gasteiger partial charge < -0.3 is 15.4 Å². The Bertz CT molecular complexity index is 468. The van der Waals surface area contributed by atoms with E-state index in [9.17, 15) is 9.18 Å². The molecule has 18 heavy (non-hydrogen) atoms. The predicted molar refractivity (Wildman–Crippen MR) is 67.7 cm³/mol. The average Bonchev–Trinajstić information content (AvgIpc) is 2.37. The Morgan fingerprint density at radius 2 is 2.11 bits per heavy atom. The summed E-state index contributed by atoms with van der Waals surface area (Å²) in [4.78, 5) is 12.9. The fourth-order valence-electron chi connectivity index (χ4n) is 1.92. The number of hydrogen-bond donors (Lipinski definition) is 1. The van der Waals surface area contributed by atoms with Crippen LogP contribution in [0.2, 0.25) is 0 Å². The van der Waals surface area contributed by atoms with Gasteiger partial charge in [-0.05, 0) is 24.3 Å². The van der Waals surface area contributed by atoms with Crippen molar-refractivity contribution in [3.05, 3.63) is 35.7 Å². The van der Waals surface area contributed by atoms with Gasteiger partial charge in [0.2, 0.25) is 5.91 Å². The van der Waals surface area contributed by atoms with Crippen molar-refractivity contribution in [1.29, 1.82) is 0 Å². The molecule has 1 amide bonds. The van der Waals surface area contributed by atoms with E-state index >= 15 is 0 Å². The van der Waals surface area contributed by atoms with E-state index in [4.69, 9.17) is 10.5 Å². The third kappa shape index (κ3) is 3.07. The fourth-order valence-corrected chi connectivity index (χ4v) is 1.92. The molecule has 1 aromatic carbocycles. The summed E-state index contributed by atoms with van der Waals surface area (Å²) in [5.74, 6) is -0.886. The lowest BCUT2D eigenvalue weighted by atomic mass is 10.1. The van der Waals surface area contributed by atoms with Crippen molar-refractivity contribution >= 4 is 17.7 Å². The van der Waals surface area contributed by atoms with E-state index in [1.165, 1.54) is 24.3 Å². The van der Waals surface area contributed by atoms with Crippen LogP contribution in [0.3, 0.4) is 0 Å². The summed E-state index contributed by atoms with van der Waals surface area (Å²) >= 11 is 0. The number of hydrogen-bond acceptors (Lipinski definition) is 3. The number of halogens is 1. The molecule has 1 heterocycles. The van der Waals surface area contributed by atoms with Crippen LogP contribution in [-0.2, 0) is 9.53 Å². The highest BCUT2D eigenvalue weighted by atomic mass is 19.1. The third-order valence-corrected chi connectivity index (χ3v) is 2.77. The van der Waals surface area contributed by atoms with Gasteiger partial charge in [0.05, 0.1) is 13.2 Å². The minimum atomic E-state index is -0.549. The highest BCUT2D eigenvalue weighted by Crippen LogP contribution is 2.24. The molecule has 0 unspecified atom stereocenters. The van der Waals surface area contributed by atoms with Gasteiger partial charge in [-0.1, -0.05) is 0 Å². The first-order chi connectivity index (χ1) is 8.66. The summed E-state index contributed by atoms with van der Waals surface area (Å²) in [7, 11) is 0. The molecule has 5 heteroatoms. The lowest BCUT2D eigenvalue weighted by molar-refractivity contribution is -0.113. The van der Waals surface area contributed by atoms with Gasteiger partial charge in [-0.15, -0.1) is 0 Å². The van der Waals surface area contributed by atoms with E-state index in [1.54, 1.807) is 6.07 Å². The SMILES string of the molecule is NC(=O)/C=C/c1cc(F)ccc1N1CCOCC1. The monoisotopic (exact) mass is 250 g/mol. The lowest BCUT2D eigenvalue weighted by Crippen LogP contribution is -2.36. The minimum Gasteiger partial charge on any atom is -0.378 e. The fraction of sp³-hybridized carbons (Fsp3) is 0.308. The number of benzene rings is 1. The molecule has 0 aliphatic carbocycles. The number of nitrogens with two attached hydrogens (primary N) is 1. The zero-order chi connectivity index (χ0) is 13.0. The number of rotatable bonds is 3. The zero-order valence-electron chi connectivity index (χ0n) is 9.93. The second-order valence-electron chi connectivity index (χ2n) is 4.04. The molecule has 0 aromatic heterocycles. The molecule has 0 bridgehead atoms. The molecule has 1 aliphatic heterocycles. The van der Waals surface area contributed by atoms with Gasteiger partial charge in [-0.2, -0.15) is 0 Å². The predicted octanol–water partition coefficient (Wildman–Crippen LogP) is 1.16. The second kappa shape index (κ2) is 5.64. The first-order valence-electron chi connectivity index (χ1n) is 5.76. The van der Waals surface area contributed by atoms with Gasteiger partial charge >= 0.3 is 0 Å². The summed E-state index contributed by atoms with van der Waals surface area (Å²) < 4.78 is 18.5. The van der Waals surface area contributed by atoms with Crippen LogP contribution in [0.5, 0.6) is 0 Å². The van der Waals surface area contributed by atoms with Crippen LogP contribution in [-0.4, -0.2) is 32.2 Å². The zero-order valence-corrected chi connectivity index (χ0v) is 9.93. The van der Waals surface area contributed by atoms with E-state index < -0.39 is 5.91 Å². The van der Waals surface area contributed by atoms with E-state index in [2.05, 4.69) is 4.90 Å². The van der Waals surface area contributed by atoms with Gasteiger partial charge in [-0.3, -0.25) is 4.79 Å². The van der Waals surface area contributed by atoms with E-state index in [0.717, 1.165) is 18.8 Å². The first kappa shape index (κ1) is 12.6. The van der Waals surface area contributed by atoms with Crippen LogP contribution in [0, 0.1) is 5.82 Å². The maximum Gasteiger partial charge on any atom is 0.241 e. The molecule has 0 spiro atoms. The Kier molecular flexibility index (Phi) is 3.94. The number of carbonyl (C=O) groups excluding carboxylic acids is 1. The smallest absolute Gasteiger partial charge is 0.241 e. The van der Waals surface area contributed by atoms with Crippen molar-refractivity contribution in [3.63, 3.8) is 0 Å². The van der Waals surface area contributed by atoms with Crippen LogP contribution in [0.4, 0.5) is 10.1 Å². The van der Waals surface area contributed by atoms with Crippen molar-refractivity contribution < 1.29 is 13.9 Å². The summed E-state index contributed by atoms with van der Waals surface area (Å²) in [6, 6.07) is 4.51. The Hall–Kier alpha value is -1.88. The molecule has 0 atom stereocenters. The van der Waals surface area contributed by atoms with Crippen LogP contribution in [0.25, 0.3) is 6.08 Å². The Balaban J connectivity index is 2.30. The summed E-state index contributed by atoms with van der Waals surface area (Å²) in [6.45, 7) is 2.80. The molecule has 0 saturated carbocycles. The number of carbonyl (C=O) groups is 1. The number of primary amides is 1. The van der Waals surface area contributed by atoms with Gasteiger partial charge in [-0.25, -0.2) is 4.39 Å². The molecule has 2 rings (SSSR count). The van der Waals surface area contributed by atoms with Gasteiger partial charge in [0.15, 0.2) is 0 Å². The molecular formula is C13H15FN2O2. The topological polar surface area (TPSA) is 55.6 Å². The van der Waals surface area contributed by atoms with Crippen molar-refractivity contribution in [3.8, 4) is 0 Å². The molecular weight excluding hydrogens is 235 g/mol. The number of anilines is 1. The van der Waals surface area contributed by atoms with Crippen molar-refractivity contribution in [2.75, 3.05) is 31.2 Å². The van der Waals surface area contributed by atoms with Crippen LogP contribution >= 0.6 is 0 Å². The normalized spacial score (nSPS) is 16.2. The number of nitrogens with zero attached hydrogens (tertiary/aromatic N) is 1. The van der Waals surface area contributed by atoms with E-state index in [1.807, 2.05) is 0 Å². The number of ether oxygens (including phenoxy) is 1. The molecule has 96 valence electrons. The highest BCUT2D eigenvalue weighted by Gasteiger charge is 2.14. The van der Waals surface area contributed by atoms with Crippen molar-refractivity contribution in [2.24, 2.45) is 5.73 Å². The molecule has 4 nitrogen and oxygen atoms in total. The van der Waals surface area contributed by atoms with Crippen LogP contribution < -0.4 is 10.6 Å². The van der Waals surface area contributed by atoms with Gasteiger partial charge in [0.1, 0.15) is 5.82 Å².